The minimum atomic E-state index is -0.512. The van der Waals surface area contributed by atoms with Crippen molar-refractivity contribution in [2.24, 2.45) is 0 Å². The summed E-state index contributed by atoms with van der Waals surface area (Å²) in [5, 5.41) is 19.2. The molecule has 0 aromatic heterocycles. The van der Waals surface area contributed by atoms with Gasteiger partial charge in [-0.1, -0.05) is 13.8 Å². The van der Waals surface area contributed by atoms with E-state index in [4.69, 9.17) is 5.11 Å². The lowest BCUT2D eigenvalue weighted by atomic mass is 9.96. The molecule has 1 fully saturated rings. The van der Waals surface area contributed by atoms with Gasteiger partial charge in [-0.15, -0.1) is 0 Å². The molecule has 3 nitrogen and oxygen atoms in total. The molecule has 1 atom stereocenters. The molecule has 1 unspecified atom stereocenters. The fourth-order valence-corrected chi connectivity index (χ4v) is 2.61. The van der Waals surface area contributed by atoms with Gasteiger partial charge in [0.05, 0.1) is 5.60 Å². The molecule has 0 amide bonds. The highest BCUT2D eigenvalue weighted by Gasteiger charge is 2.31. The number of rotatable bonds is 7. The van der Waals surface area contributed by atoms with Crippen LogP contribution in [0.3, 0.4) is 0 Å². The third-order valence-corrected chi connectivity index (χ3v) is 4.01. The van der Waals surface area contributed by atoms with Gasteiger partial charge in [-0.25, -0.2) is 0 Å². The Labute approximate surface area is 99.5 Å². The van der Waals surface area contributed by atoms with E-state index in [-0.39, 0.29) is 6.61 Å². The first kappa shape index (κ1) is 13.9. The number of aliphatic hydroxyl groups is 2. The number of likely N-dealkylation sites (tertiary alicyclic amines) is 1. The van der Waals surface area contributed by atoms with Gasteiger partial charge in [0, 0.05) is 19.2 Å². The van der Waals surface area contributed by atoms with Gasteiger partial charge in [0.25, 0.3) is 0 Å². The maximum Gasteiger partial charge on any atom is 0.0769 e. The van der Waals surface area contributed by atoms with Crippen LogP contribution in [-0.2, 0) is 0 Å². The van der Waals surface area contributed by atoms with E-state index < -0.39 is 5.60 Å². The molecule has 1 heterocycles. The number of hydrogen-bond acceptors (Lipinski definition) is 3. The van der Waals surface area contributed by atoms with Gasteiger partial charge >= 0.3 is 0 Å². The summed E-state index contributed by atoms with van der Waals surface area (Å²) in [6.07, 6.45) is 6.07. The molecule has 0 aromatic rings. The van der Waals surface area contributed by atoms with Crippen LogP contribution in [-0.4, -0.2) is 46.5 Å². The van der Waals surface area contributed by atoms with Gasteiger partial charge in [-0.05, 0) is 45.1 Å². The predicted octanol–water partition coefficient (Wildman–Crippen LogP) is 1.77. The van der Waals surface area contributed by atoms with E-state index in [9.17, 15) is 5.11 Å². The molecule has 1 rings (SSSR count). The van der Waals surface area contributed by atoms with Gasteiger partial charge in [0.15, 0.2) is 0 Å². The molecule has 0 radical (unpaired) electrons. The lowest BCUT2D eigenvalue weighted by molar-refractivity contribution is -0.00786. The van der Waals surface area contributed by atoms with Crippen LogP contribution in [0.2, 0.25) is 0 Å². The van der Waals surface area contributed by atoms with Crippen molar-refractivity contribution in [3.63, 3.8) is 0 Å². The molecule has 2 N–H and O–H groups in total. The molecule has 96 valence electrons. The van der Waals surface area contributed by atoms with Crippen molar-refractivity contribution >= 4 is 0 Å². The predicted molar refractivity (Wildman–Crippen MR) is 66.4 cm³/mol. The Bertz CT molecular complexity index is 192. The molecule has 0 saturated carbocycles. The first-order valence-corrected chi connectivity index (χ1v) is 6.72. The van der Waals surface area contributed by atoms with E-state index in [1.165, 1.54) is 12.8 Å². The van der Waals surface area contributed by atoms with E-state index >= 15 is 0 Å². The highest BCUT2D eigenvalue weighted by Crippen LogP contribution is 2.25. The van der Waals surface area contributed by atoms with Gasteiger partial charge < -0.3 is 10.2 Å². The summed E-state index contributed by atoms with van der Waals surface area (Å²) in [5.41, 5.74) is -0.512. The molecule has 1 saturated heterocycles. The van der Waals surface area contributed by atoms with Crippen molar-refractivity contribution in [1.29, 1.82) is 0 Å². The van der Waals surface area contributed by atoms with Crippen molar-refractivity contribution < 1.29 is 10.2 Å². The van der Waals surface area contributed by atoms with Crippen molar-refractivity contribution in [1.82, 2.24) is 4.90 Å². The topological polar surface area (TPSA) is 43.7 Å². The van der Waals surface area contributed by atoms with Crippen molar-refractivity contribution in [2.75, 3.05) is 19.7 Å². The molecule has 0 aliphatic carbocycles. The maximum absolute atomic E-state index is 10.3. The van der Waals surface area contributed by atoms with Crippen LogP contribution in [0.25, 0.3) is 0 Å². The number of aliphatic hydroxyl groups excluding tert-OH is 1. The SMILES string of the molecule is CCC(O)(CC)CN1CCCC1CCCO. The Balaban J connectivity index is 2.45. The molecule has 0 spiro atoms. The van der Waals surface area contributed by atoms with Crippen molar-refractivity contribution in [3.05, 3.63) is 0 Å². The van der Waals surface area contributed by atoms with Crippen molar-refractivity contribution in [2.45, 2.75) is 64.0 Å². The second-order valence-electron chi connectivity index (χ2n) is 5.06. The number of hydrogen-bond donors (Lipinski definition) is 2. The summed E-state index contributed by atoms with van der Waals surface area (Å²) in [7, 11) is 0. The molecule has 0 aromatic carbocycles. The monoisotopic (exact) mass is 229 g/mol. The fraction of sp³-hybridized carbons (Fsp3) is 1.00. The van der Waals surface area contributed by atoms with Crippen molar-refractivity contribution in [3.8, 4) is 0 Å². The van der Waals surface area contributed by atoms with Crippen LogP contribution < -0.4 is 0 Å². The fourth-order valence-electron chi connectivity index (χ4n) is 2.61. The van der Waals surface area contributed by atoms with Gasteiger partial charge in [0.1, 0.15) is 0 Å². The maximum atomic E-state index is 10.3. The molecule has 3 heteroatoms. The van der Waals surface area contributed by atoms with Crippen LogP contribution in [0.4, 0.5) is 0 Å². The van der Waals surface area contributed by atoms with Gasteiger partial charge in [-0.3, -0.25) is 4.90 Å². The van der Waals surface area contributed by atoms with Crippen LogP contribution >= 0.6 is 0 Å². The molecule has 1 aliphatic rings. The third-order valence-electron chi connectivity index (χ3n) is 4.01. The van der Waals surface area contributed by atoms with Crippen LogP contribution in [0.1, 0.15) is 52.4 Å². The Morgan fingerprint density at radius 3 is 2.56 bits per heavy atom. The third kappa shape index (κ3) is 3.72. The first-order valence-electron chi connectivity index (χ1n) is 6.72. The highest BCUT2D eigenvalue weighted by molar-refractivity contribution is 4.86. The van der Waals surface area contributed by atoms with E-state index in [1.807, 2.05) is 0 Å². The standard InChI is InChI=1S/C13H27NO2/c1-3-13(16,4-2)11-14-9-5-7-12(14)8-6-10-15/h12,15-16H,3-11H2,1-2H3. The van der Waals surface area contributed by atoms with Gasteiger partial charge in [0.2, 0.25) is 0 Å². The summed E-state index contributed by atoms with van der Waals surface area (Å²) in [6.45, 7) is 6.31. The number of β-amino-alcohol motifs (C(OH)–C–C–N with tert-alkyl or cyclic N) is 1. The second kappa shape index (κ2) is 6.58. The Morgan fingerprint density at radius 1 is 1.31 bits per heavy atom. The zero-order valence-corrected chi connectivity index (χ0v) is 10.8. The van der Waals surface area contributed by atoms with Crippen LogP contribution in [0.5, 0.6) is 0 Å². The Hall–Kier alpha value is -0.120. The second-order valence-corrected chi connectivity index (χ2v) is 5.06. The van der Waals surface area contributed by atoms with E-state index in [0.29, 0.717) is 6.04 Å². The van der Waals surface area contributed by atoms with E-state index in [0.717, 1.165) is 38.8 Å². The van der Waals surface area contributed by atoms with Gasteiger partial charge in [-0.2, -0.15) is 0 Å². The largest absolute Gasteiger partial charge is 0.396 e. The zero-order valence-electron chi connectivity index (χ0n) is 10.8. The molecule has 1 aliphatic heterocycles. The average Bonchev–Trinajstić information content (AvgIpc) is 2.73. The molecule has 0 bridgehead atoms. The summed E-state index contributed by atoms with van der Waals surface area (Å²) < 4.78 is 0. The van der Waals surface area contributed by atoms with E-state index in [2.05, 4.69) is 18.7 Å². The minimum Gasteiger partial charge on any atom is -0.396 e. The Morgan fingerprint density at radius 2 is 2.00 bits per heavy atom. The Kier molecular flexibility index (Phi) is 5.73. The van der Waals surface area contributed by atoms with Crippen LogP contribution in [0, 0.1) is 0 Å². The quantitative estimate of drug-likeness (QED) is 0.699. The zero-order chi connectivity index (χ0) is 12.0. The summed E-state index contributed by atoms with van der Waals surface area (Å²) in [5.74, 6) is 0. The van der Waals surface area contributed by atoms with Crippen LogP contribution in [0.15, 0.2) is 0 Å². The molecule has 16 heavy (non-hydrogen) atoms. The summed E-state index contributed by atoms with van der Waals surface area (Å²) >= 11 is 0. The lowest BCUT2D eigenvalue weighted by Gasteiger charge is -2.34. The average molecular weight is 229 g/mol. The smallest absolute Gasteiger partial charge is 0.0769 e. The normalized spacial score (nSPS) is 22.9. The highest BCUT2D eigenvalue weighted by atomic mass is 16.3. The lowest BCUT2D eigenvalue weighted by Crippen LogP contribution is -2.44. The summed E-state index contributed by atoms with van der Waals surface area (Å²) in [4.78, 5) is 2.42. The summed E-state index contributed by atoms with van der Waals surface area (Å²) in [6, 6.07) is 0.580. The molecular formula is C13H27NO2. The number of nitrogens with zero attached hydrogens (tertiary/aromatic N) is 1. The first-order chi connectivity index (χ1) is 7.65. The molecular weight excluding hydrogens is 202 g/mol. The van der Waals surface area contributed by atoms with E-state index in [1.54, 1.807) is 0 Å². The minimum absolute atomic E-state index is 0.288.